The molecular formula is C23H27N3O3S. The van der Waals surface area contributed by atoms with Gasteiger partial charge in [0.05, 0.1) is 5.69 Å². The fraction of sp³-hybridized carbons (Fsp3) is 0.391. The number of aliphatic imine (C=N–C) groups is 1. The summed E-state index contributed by atoms with van der Waals surface area (Å²) in [5, 5.41) is -1.09. The highest BCUT2D eigenvalue weighted by molar-refractivity contribution is 7.91. The molecule has 0 bridgehead atoms. The number of nitrogens with zero attached hydrogens (tertiary/aromatic N) is 3. The molecule has 2 aliphatic rings. The normalized spacial score (nSPS) is 22.8. The molecule has 4 rings (SSSR count). The van der Waals surface area contributed by atoms with E-state index in [9.17, 15) is 13.2 Å². The van der Waals surface area contributed by atoms with Crippen molar-refractivity contribution in [2.75, 3.05) is 18.0 Å². The van der Waals surface area contributed by atoms with E-state index < -0.39 is 27.2 Å². The van der Waals surface area contributed by atoms with E-state index in [0.29, 0.717) is 11.3 Å². The van der Waals surface area contributed by atoms with Crippen LogP contribution in [0.25, 0.3) is 0 Å². The minimum Gasteiger partial charge on any atom is -0.372 e. The first kappa shape index (κ1) is 20.6. The molecule has 2 heterocycles. The number of carbonyl (C=O) groups is 1. The number of rotatable bonds is 4. The van der Waals surface area contributed by atoms with Gasteiger partial charge in [0.25, 0.3) is 15.9 Å². The maximum Gasteiger partial charge on any atom is 0.283 e. The van der Waals surface area contributed by atoms with Gasteiger partial charge in [-0.15, -0.1) is 0 Å². The lowest BCUT2D eigenvalue weighted by atomic mass is 10.1. The molecule has 2 aromatic carbocycles. The van der Waals surface area contributed by atoms with Crippen molar-refractivity contribution < 1.29 is 13.2 Å². The van der Waals surface area contributed by atoms with Gasteiger partial charge >= 0.3 is 0 Å². The van der Waals surface area contributed by atoms with Gasteiger partial charge in [0.1, 0.15) is 5.71 Å². The summed E-state index contributed by atoms with van der Waals surface area (Å²) < 4.78 is 27.4. The molecule has 7 heteroatoms. The zero-order valence-electron chi connectivity index (χ0n) is 17.4. The van der Waals surface area contributed by atoms with E-state index >= 15 is 0 Å². The van der Waals surface area contributed by atoms with Crippen LogP contribution in [0.5, 0.6) is 0 Å². The molecule has 30 heavy (non-hydrogen) atoms. The largest absolute Gasteiger partial charge is 0.372 e. The van der Waals surface area contributed by atoms with Gasteiger partial charge in [-0.25, -0.2) is 17.7 Å². The zero-order valence-corrected chi connectivity index (χ0v) is 18.2. The Morgan fingerprint density at radius 1 is 0.933 bits per heavy atom. The average molecular weight is 426 g/mol. The van der Waals surface area contributed by atoms with Gasteiger partial charge in [-0.2, -0.15) is 0 Å². The molecule has 1 atom stereocenters. The highest BCUT2D eigenvalue weighted by atomic mass is 32.2. The van der Waals surface area contributed by atoms with Crippen LogP contribution in [0.2, 0.25) is 0 Å². The molecule has 2 saturated heterocycles. The Morgan fingerprint density at radius 2 is 1.57 bits per heavy atom. The van der Waals surface area contributed by atoms with E-state index in [2.05, 4.69) is 9.89 Å². The molecule has 2 aromatic rings. The van der Waals surface area contributed by atoms with Crippen molar-refractivity contribution in [3.63, 3.8) is 0 Å². The summed E-state index contributed by atoms with van der Waals surface area (Å²) >= 11 is 0. The molecule has 0 aliphatic carbocycles. The number of anilines is 1. The van der Waals surface area contributed by atoms with E-state index in [1.165, 1.54) is 19.3 Å². The van der Waals surface area contributed by atoms with Gasteiger partial charge < -0.3 is 4.90 Å². The first-order chi connectivity index (χ1) is 14.4. The third-order valence-corrected chi connectivity index (χ3v) is 7.86. The number of amides is 1. The van der Waals surface area contributed by atoms with Gasteiger partial charge in [-0.1, -0.05) is 30.3 Å². The van der Waals surface area contributed by atoms with Crippen molar-refractivity contribution in [3.05, 3.63) is 60.2 Å². The molecule has 2 fully saturated rings. The zero-order chi connectivity index (χ0) is 21.3. The van der Waals surface area contributed by atoms with E-state index in [1.807, 2.05) is 30.3 Å². The summed E-state index contributed by atoms with van der Waals surface area (Å²) in [7, 11) is -3.88. The lowest BCUT2D eigenvalue weighted by Crippen LogP contribution is -2.36. The molecule has 0 aromatic heterocycles. The Balaban J connectivity index is 1.73. The van der Waals surface area contributed by atoms with Crippen LogP contribution in [0.3, 0.4) is 0 Å². The predicted octanol–water partition coefficient (Wildman–Crippen LogP) is 4.07. The monoisotopic (exact) mass is 425 g/mol. The van der Waals surface area contributed by atoms with Crippen molar-refractivity contribution in [1.29, 1.82) is 0 Å². The first-order valence-electron chi connectivity index (χ1n) is 10.5. The van der Waals surface area contributed by atoms with Crippen LogP contribution in [0.1, 0.15) is 43.9 Å². The second-order valence-corrected chi connectivity index (χ2v) is 9.99. The second-order valence-electron chi connectivity index (χ2n) is 8.09. The number of hydrogen-bond donors (Lipinski definition) is 0. The van der Waals surface area contributed by atoms with E-state index in [0.717, 1.165) is 23.1 Å². The fourth-order valence-corrected chi connectivity index (χ4v) is 6.29. The van der Waals surface area contributed by atoms with E-state index in [4.69, 9.17) is 0 Å². The first-order valence-corrected chi connectivity index (χ1v) is 12.0. The van der Waals surface area contributed by atoms with Crippen LogP contribution in [-0.2, 0) is 14.8 Å². The van der Waals surface area contributed by atoms with Crippen molar-refractivity contribution in [2.45, 2.75) is 44.4 Å². The van der Waals surface area contributed by atoms with Crippen molar-refractivity contribution in [2.24, 2.45) is 4.99 Å². The fourth-order valence-electron chi connectivity index (χ4n) is 4.22. The number of benzene rings is 2. The Hall–Kier alpha value is -2.67. The molecule has 0 saturated carbocycles. The second kappa shape index (κ2) is 8.22. The van der Waals surface area contributed by atoms with Crippen LogP contribution in [0, 0.1) is 0 Å². The molecule has 1 amide bonds. The van der Waals surface area contributed by atoms with Crippen LogP contribution in [0.15, 0.2) is 59.6 Å². The molecule has 158 valence electrons. The maximum absolute atomic E-state index is 13.2. The van der Waals surface area contributed by atoms with Gasteiger partial charge in [0, 0.05) is 24.8 Å². The summed E-state index contributed by atoms with van der Waals surface area (Å²) in [4.78, 5) is 20.0. The van der Waals surface area contributed by atoms with E-state index in [-0.39, 0.29) is 5.71 Å². The minimum atomic E-state index is -3.88. The molecule has 0 radical (unpaired) electrons. The van der Waals surface area contributed by atoms with Gasteiger partial charge in [0.15, 0.2) is 5.25 Å². The topological polar surface area (TPSA) is 70.1 Å². The molecule has 0 N–H and O–H groups in total. The van der Waals surface area contributed by atoms with Crippen molar-refractivity contribution in [1.82, 2.24) is 4.31 Å². The molecule has 2 aliphatic heterocycles. The standard InChI is InChI=1S/C23H27N3O3S/c1-17(2)26-23(27)21(22(30(26,28)29)18-9-5-3-6-10-18)24-19-11-13-20(14-12-19)25-15-7-4-8-16-25/h3,5-6,9-14,17,22H,4,7-8,15-16H2,1-2H3. The third kappa shape index (κ3) is 3.74. The smallest absolute Gasteiger partial charge is 0.283 e. The molecule has 1 unspecified atom stereocenters. The number of carbonyl (C=O) groups excluding carboxylic acids is 1. The Labute approximate surface area is 178 Å². The quantitative estimate of drug-likeness (QED) is 0.740. The highest BCUT2D eigenvalue weighted by Gasteiger charge is 2.51. The average Bonchev–Trinajstić information content (AvgIpc) is 2.94. The molecule has 0 spiro atoms. The number of sulfonamides is 1. The summed E-state index contributed by atoms with van der Waals surface area (Å²) in [6.07, 6.45) is 3.66. The lowest BCUT2D eigenvalue weighted by molar-refractivity contribution is -0.120. The predicted molar refractivity (Wildman–Crippen MR) is 120 cm³/mol. The maximum atomic E-state index is 13.2. The highest BCUT2D eigenvalue weighted by Crippen LogP contribution is 2.37. The Kier molecular flexibility index (Phi) is 5.64. The van der Waals surface area contributed by atoms with Crippen molar-refractivity contribution in [3.8, 4) is 0 Å². The van der Waals surface area contributed by atoms with Crippen molar-refractivity contribution >= 4 is 33.0 Å². The number of hydrogen-bond acceptors (Lipinski definition) is 5. The Bertz CT molecular complexity index is 1040. The number of piperidine rings is 1. The van der Waals surface area contributed by atoms with Gasteiger partial charge in [0.2, 0.25) is 0 Å². The lowest BCUT2D eigenvalue weighted by Gasteiger charge is -2.28. The summed E-state index contributed by atoms with van der Waals surface area (Å²) in [6, 6.07) is 16.1. The van der Waals surface area contributed by atoms with Crippen LogP contribution in [-0.4, -0.2) is 43.5 Å². The molecule has 6 nitrogen and oxygen atoms in total. The van der Waals surface area contributed by atoms with Crippen LogP contribution in [0.4, 0.5) is 11.4 Å². The summed E-state index contributed by atoms with van der Waals surface area (Å²) in [5.74, 6) is -0.543. The molecular weight excluding hydrogens is 398 g/mol. The van der Waals surface area contributed by atoms with Gasteiger partial charge in [-0.3, -0.25) is 4.79 Å². The Morgan fingerprint density at radius 3 is 2.17 bits per heavy atom. The van der Waals surface area contributed by atoms with Crippen LogP contribution < -0.4 is 4.90 Å². The van der Waals surface area contributed by atoms with Crippen LogP contribution >= 0.6 is 0 Å². The van der Waals surface area contributed by atoms with Gasteiger partial charge in [-0.05, 0) is 62.9 Å². The minimum absolute atomic E-state index is 0.0561. The van der Waals surface area contributed by atoms with E-state index in [1.54, 1.807) is 38.1 Å². The SMILES string of the molecule is CC(C)N1C(=O)C(=Nc2ccc(N3CCCCC3)cc2)C(c2ccccc2)S1(=O)=O. The summed E-state index contributed by atoms with van der Waals surface area (Å²) in [6.45, 7) is 5.50. The summed E-state index contributed by atoms with van der Waals surface area (Å²) in [5.41, 5.74) is 2.33. The third-order valence-electron chi connectivity index (χ3n) is 5.63.